The van der Waals surface area contributed by atoms with Gasteiger partial charge in [0.15, 0.2) is 8.32 Å². The van der Waals surface area contributed by atoms with E-state index in [-0.39, 0.29) is 10.9 Å². The number of halogens is 1. The van der Waals surface area contributed by atoms with E-state index in [9.17, 15) is 9.50 Å². The molecular formula is C25H37FO3Si. The monoisotopic (exact) mass is 432 g/mol. The molecular weight excluding hydrogens is 395 g/mol. The van der Waals surface area contributed by atoms with Crippen LogP contribution in [0.4, 0.5) is 4.39 Å². The molecule has 2 rings (SSSR count). The van der Waals surface area contributed by atoms with Gasteiger partial charge in [0, 0.05) is 5.56 Å². The molecule has 0 fully saturated rings. The van der Waals surface area contributed by atoms with Gasteiger partial charge in [0.05, 0.1) is 19.8 Å². The first-order valence-electron chi connectivity index (χ1n) is 10.5. The van der Waals surface area contributed by atoms with Crippen molar-refractivity contribution in [3.8, 4) is 16.9 Å². The van der Waals surface area contributed by atoms with Gasteiger partial charge in [-0.05, 0) is 58.4 Å². The Kier molecular flexibility index (Phi) is 7.22. The Morgan fingerprint density at radius 2 is 1.60 bits per heavy atom. The maximum atomic E-state index is 14.7. The standard InChI is InChI=1S/C25H37FO3Si/c1-24(2,3)23(27)21-14-17(16-29-30(8,9)25(4,5)6)10-12-19(21)20-15-18(28-7)11-13-22(20)26/h10-15,23,27H,16H2,1-9H3/t23-/m0/s1. The van der Waals surface area contributed by atoms with Crippen molar-refractivity contribution in [1.82, 2.24) is 0 Å². The van der Waals surface area contributed by atoms with Crippen LogP contribution in [0.2, 0.25) is 18.1 Å². The zero-order chi connectivity index (χ0) is 22.9. The first kappa shape index (κ1) is 24.6. The summed E-state index contributed by atoms with van der Waals surface area (Å²) in [6, 6.07) is 10.5. The largest absolute Gasteiger partial charge is 0.497 e. The van der Waals surface area contributed by atoms with Gasteiger partial charge in [-0.15, -0.1) is 0 Å². The number of hydrogen-bond acceptors (Lipinski definition) is 3. The van der Waals surface area contributed by atoms with Crippen molar-refractivity contribution in [2.75, 3.05) is 7.11 Å². The minimum atomic E-state index is -1.91. The smallest absolute Gasteiger partial charge is 0.192 e. The van der Waals surface area contributed by atoms with Gasteiger partial charge in [-0.3, -0.25) is 0 Å². The summed E-state index contributed by atoms with van der Waals surface area (Å²) in [5, 5.41) is 11.2. The SMILES string of the molecule is COc1ccc(F)c(-c2ccc(CO[Si](C)(C)C(C)(C)C)cc2[C@H](O)C(C)(C)C)c1. The first-order chi connectivity index (χ1) is 13.7. The second kappa shape index (κ2) is 8.81. The van der Waals surface area contributed by atoms with E-state index in [1.54, 1.807) is 19.2 Å². The number of aliphatic hydroxyl groups excluding tert-OH is 1. The molecule has 0 aliphatic heterocycles. The first-order valence-corrected chi connectivity index (χ1v) is 13.4. The summed E-state index contributed by atoms with van der Waals surface area (Å²) >= 11 is 0. The molecule has 5 heteroatoms. The highest BCUT2D eigenvalue weighted by atomic mass is 28.4. The highest BCUT2D eigenvalue weighted by Gasteiger charge is 2.37. The van der Waals surface area contributed by atoms with Gasteiger partial charge in [0.1, 0.15) is 11.6 Å². The Bertz CT molecular complexity index is 879. The van der Waals surface area contributed by atoms with E-state index in [0.29, 0.717) is 29.0 Å². The van der Waals surface area contributed by atoms with Gasteiger partial charge in [0.2, 0.25) is 0 Å². The number of hydrogen-bond donors (Lipinski definition) is 1. The number of ether oxygens (including phenoxy) is 1. The van der Waals surface area contributed by atoms with Gasteiger partial charge in [-0.1, -0.05) is 59.7 Å². The topological polar surface area (TPSA) is 38.7 Å². The number of aliphatic hydroxyl groups is 1. The number of methoxy groups -OCH3 is 1. The molecule has 0 bridgehead atoms. The van der Waals surface area contributed by atoms with E-state index in [4.69, 9.17) is 9.16 Å². The Balaban J connectivity index is 2.52. The van der Waals surface area contributed by atoms with Gasteiger partial charge in [0.25, 0.3) is 0 Å². The quantitative estimate of drug-likeness (QED) is 0.495. The van der Waals surface area contributed by atoms with Crippen LogP contribution in [0.15, 0.2) is 36.4 Å². The minimum Gasteiger partial charge on any atom is -0.497 e. The molecule has 30 heavy (non-hydrogen) atoms. The molecule has 0 aromatic heterocycles. The van der Waals surface area contributed by atoms with Crippen molar-refractivity contribution < 1.29 is 18.7 Å². The molecule has 2 aromatic carbocycles. The predicted octanol–water partition coefficient (Wildman–Crippen LogP) is 7.10. The third-order valence-corrected chi connectivity index (χ3v) is 10.6. The summed E-state index contributed by atoms with van der Waals surface area (Å²) in [7, 11) is -0.348. The van der Waals surface area contributed by atoms with Gasteiger partial charge >= 0.3 is 0 Å². The van der Waals surface area contributed by atoms with E-state index in [0.717, 1.165) is 5.56 Å². The molecule has 1 N–H and O–H groups in total. The van der Waals surface area contributed by atoms with Gasteiger partial charge in [-0.2, -0.15) is 0 Å². The normalized spacial score (nSPS) is 14.0. The number of benzene rings is 2. The van der Waals surface area contributed by atoms with Crippen molar-refractivity contribution in [2.45, 2.75) is 72.4 Å². The van der Waals surface area contributed by atoms with Crippen LogP contribution in [-0.4, -0.2) is 20.5 Å². The molecule has 0 amide bonds. The van der Waals surface area contributed by atoms with E-state index < -0.39 is 19.8 Å². The molecule has 0 saturated carbocycles. The maximum Gasteiger partial charge on any atom is 0.192 e. The molecule has 2 aromatic rings. The maximum absolute atomic E-state index is 14.7. The fourth-order valence-electron chi connectivity index (χ4n) is 2.96. The van der Waals surface area contributed by atoms with Crippen LogP contribution in [0.25, 0.3) is 11.1 Å². The van der Waals surface area contributed by atoms with Crippen LogP contribution in [0.3, 0.4) is 0 Å². The highest BCUT2D eigenvalue weighted by molar-refractivity contribution is 6.74. The van der Waals surface area contributed by atoms with Crippen LogP contribution in [0.1, 0.15) is 58.8 Å². The van der Waals surface area contributed by atoms with Crippen molar-refractivity contribution in [3.63, 3.8) is 0 Å². The van der Waals surface area contributed by atoms with E-state index in [2.05, 4.69) is 33.9 Å². The van der Waals surface area contributed by atoms with Crippen molar-refractivity contribution >= 4 is 8.32 Å². The fraction of sp³-hybridized carbons (Fsp3) is 0.520. The summed E-state index contributed by atoms with van der Waals surface area (Å²) in [4.78, 5) is 0. The van der Waals surface area contributed by atoms with Crippen molar-refractivity contribution in [1.29, 1.82) is 0 Å². The average Bonchev–Trinajstić information content (AvgIpc) is 2.64. The van der Waals surface area contributed by atoms with Crippen LogP contribution < -0.4 is 4.74 Å². The third kappa shape index (κ3) is 5.51. The van der Waals surface area contributed by atoms with E-state index in [1.165, 1.54) is 6.07 Å². The molecule has 3 nitrogen and oxygen atoms in total. The lowest BCUT2D eigenvalue weighted by atomic mass is 9.81. The molecule has 0 spiro atoms. The highest BCUT2D eigenvalue weighted by Crippen LogP contribution is 2.41. The third-order valence-electron chi connectivity index (χ3n) is 6.10. The molecule has 0 aliphatic rings. The second-order valence-electron chi connectivity index (χ2n) is 10.6. The number of rotatable bonds is 6. The van der Waals surface area contributed by atoms with Crippen LogP contribution in [0, 0.1) is 11.2 Å². The van der Waals surface area contributed by atoms with Gasteiger partial charge < -0.3 is 14.3 Å². The summed E-state index contributed by atoms with van der Waals surface area (Å²) in [5.74, 6) is 0.233. The Hall–Kier alpha value is -1.69. The average molecular weight is 433 g/mol. The fourth-order valence-corrected chi connectivity index (χ4v) is 3.92. The van der Waals surface area contributed by atoms with E-state index >= 15 is 0 Å². The molecule has 0 unspecified atom stereocenters. The lowest BCUT2D eigenvalue weighted by molar-refractivity contribution is 0.0630. The molecule has 0 aliphatic carbocycles. The summed E-state index contributed by atoms with van der Waals surface area (Å²) in [6.45, 7) is 17.5. The zero-order valence-electron chi connectivity index (χ0n) is 19.9. The Morgan fingerprint density at radius 3 is 2.13 bits per heavy atom. The Labute approximate surface area is 182 Å². The summed E-state index contributed by atoms with van der Waals surface area (Å²) < 4.78 is 26.4. The minimum absolute atomic E-state index is 0.115. The predicted molar refractivity (Wildman–Crippen MR) is 125 cm³/mol. The lowest BCUT2D eigenvalue weighted by Crippen LogP contribution is -2.40. The second-order valence-corrected chi connectivity index (χ2v) is 15.4. The molecule has 166 valence electrons. The van der Waals surface area contributed by atoms with Crippen LogP contribution in [-0.2, 0) is 11.0 Å². The van der Waals surface area contributed by atoms with E-state index in [1.807, 2.05) is 39.0 Å². The van der Waals surface area contributed by atoms with Gasteiger partial charge in [-0.25, -0.2) is 4.39 Å². The summed E-state index contributed by atoms with van der Waals surface area (Å²) in [6.07, 6.45) is -0.758. The Morgan fingerprint density at radius 1 is 0.967 bits per heavy atom. The van der Waals surface area contributed by atoms with Crippen molar-refractivity contribution in [3.05, 3.63) is 53.3 Å². The molecule has 0 saturated heterocycles. The van der Waals surface area contributed by atoms with Crippen LogP contribution in [0.5, 0.6) is 5.75 Å². The molecule has 0 radical (unpaired) electrons. The molecule has 1 atom stereocenters. The summed E-state index contributed by atoms with van der Waals surface area (Å²) in [5.41, 5.74) is 2.37. The lowest BCUT2D eigenvalue weighted by Gasteiger charge is -2.36. The van der Waals surface area contributed by atoms with Crippen LogP contribution >= 0.6 is 0 Å². The van der Waals surface area contributed by atoms with Crippen molar-refractivity contribution in [2.24, 2.45) is 5.41 Å². The molecule has 0 heterocycles. The zero-order valence-corrected chi connectivity index (χ0v) is 20.9.